The van der Waals surface area contributed by atoms with Crippen LogP contribution in [-0.2, 0) is 6.54 Å². The van der Waals surface area contributed by atoms with Crippen LogP contribution in [0, 0.1) is 0 Å². The average molecular weight is 285 g/mol. The molecular weight excluding hydrogens is 275 g/mol. The highest BCUT2D eigenvalue weighted by Crippen LogP contribution is 2.34. The van der Waals surface area contributed by atoms with E-state index < -0.39 is 0 Å². The first-order valence-electron chi connectivity index (χ1n) is 5.29. The van der Waals surface area contributed by atoms with E-state index in [4.69, 9.17) is 23.2 Å². The Hall–Kier alpha value is -1.52. The number of benzene rings is 1. The summed E-state index contributed by atoms with van der Waals surface area (Å²) in [7, 11) is 0. The van der Waals surface area contributed by atoms with Crippen molar-refractivity contribution in [3.63, 3.8) is 0 Å². The molecule has 0 atom stereocenters. The van der Waals surface area contributed by atoms with Crippen molar-refractivity contribution in [2.45, 2.75) is 13.5 Å². The number of rotatable bonds is 3. The third-order valence-electron chi connectivity index (χ3n) is 2.56. The number of hydrogen-bond acceptors (Lipinski definition) is 3. The highest BCUT2D eigenvalue weighted by Gasteiger charge is 2.19. The fraction of sp³-hybridized carbons (Fsp3) is 0.167. The molecule has 1 aromatic heterocycles. The zero-order chi connectivity index (χ0) is 13.3. The van der Waals surface area contributed by atoms with Gasteiger partial charge in [0.2, 0.25) is 5.78 Å². The van der Waals surface area contributed by atoms with Crippen molar-refractivity contribution in [3.8, 4) is 5.75 Å². The van der Waals surface area contributed by atoms with Crippen LogP contribution >= 0.6 is 23.2 Å². The van der Waals surface area contributed by atoms with Gasteiger partial charge >= 0.3 is 0 Å². The van der Waals surface area contributed by atoms with Crippen LogP contribution in [0.5, 0.6) is 5.75 Å². The first-order valence-corrected chi connectivity index (χ1v) is 6.05. The monoisotopic (exact) mass is 284 g/mol. The number of hydrogen-bond donors (Lipinski definition) is 1. The Morgan fingerprint density at radius 1 is 1.33 bits per heavy atom. The number of phenols is 1. The van der Waals surface area contributed by atoms with Gasteiger partial charge in [0.25, 0.3) is 0 Å². The Morgan fingerprint density at radius 2 is 2.06 bits per heavy atom. The van der Waals surface area contributed by atoms with Crippen LogP contribution in [0.15, 0.2) is 24.4 Å². The van der Waals surface area contributed by atoms with Crippen LogP contribution in [0.1, 0.15) is 23.0 Å². The summed E-state index contributed by atoms with van der Waals surface area (Å²) in [4.78, 5) is 12.3. The van der Waals surface area contributed by atoms with Crippen molar-refractivity contribution in [1.82, 2.24) is 9.78 Å². The minimum atomic E-state index is -0.277. The Balaban J connectivity index is 2.50. The summed E-state index contributed by atoms with van der Waals surface area (Å²) >= 11 is 11.8. The molecule has 18 heavy (non-hydrogen) atoms. The van der Waals surface area contributed by atoms with Gasteiger partial charge < -0.3 is 5.11 Å². The number of halogens is 2. The van der Waals surface area contributed by atoms with E-state index in [1.54, 1.807) is 16.9 Å². The van der Waals surface area contributed by atoms with Crippen LogP contribution in [-0.4, -0.2) is 20.7 Å². The molecule has 6 heteroatoms. The second-order valence-corrected chi connectivity index (χ2v) is 4.38. The minimum absolute atomic E-state index is 0.0231. The van der Waals surface area contributed by atoms with E-state index in [-0.39, 0.29) is 27.1 Å². The average Bonchev–Trinajstić information content (AvgIpc) is 2.83. The topological polar surface area (TPSA) is 55.1 Å². The van der Waals surface area contributed by atoms with Gasteiger partial charge in [0.1, 0.15) is 16.5 Å². The lowest BCUT2D eigenvalue weighted by atomic mass is 10.1. The highest BCUT2D eigenvalue weighted by atomic mass is 35.5. The Morgan fingerprint density at radius 3 is 2.72 bits per heavy atom. The van der Waals surface area contributed by atoms with Gasteiger partial charge in [-0.25, -0.2) is 0 Å². The fourth-order valence-corrected chi connectivity index (χ4v) is 2.04. The third-order valence-corrected chi connectivity index (χ3v) is 3.43. The van der Waals surface area contributed by atoms with Crippen LogP contribution in [0.25, 0.3) is 0 Å². The number of carbonyl (C=O) groups excluding carboxylic acids is 1. The summed E-state index contributed by atoms with van der Waals surface area (Å²) in [6.07, 6.45) is 1.55. The predicted octanol–water partition coefficient (Wildman–Crippen LogP) is 3.15. The van der Waals surface area contributed by atoms with E-state index in [9.17, 15) is 9.90 Å². The van der Waals surface area contributed by atoms with Gasteiger partial charge in [0.05, 0.1) is 5.02 Å². The van der Waals surface area contributed by atoms with Crippen molar-refractivity contribution >= 4 is 29.0 Å². The maximum atomic E-state index is 12.3. The summed E-state index contributed by atoms with van der Waals surface area (Å²) in [5.41, 5.74) is 0.677. The molecule has 4 nitrogen and oxygen atoms in total. The quantitative estimate of drug-likeness (QED) is 0.881. The van der Waals surface area contributed by atoms with Crippen LogP contribution in [0.3, 0.4) is 0 Å². The summed E-state index contributed by atoms with van der Waals surface area (Å²) in [5.74, 6) is -0.427. The van der Waals surface area contributed by atoms with E-state index >= 15 is 0 Å². The second-order valence-electron chi connectivity index (χ2n) is 3.62. The van der Waals surface area contributed by atoms with E-state index in [2.05, 4.69) is 5.10 Å². The predicted molar refractivity (Wildman–Crippen MR) is 69.5 cm³/mol. The molecule has 0 fully saturated rings. The molecule has 0 radical (unpaired) electrons. The molecule has 0 aliphatic carbocycles. The molecule has 0 saturated carbocycles. The van der Waals surface area contributed by atoms with Gasteiger partial charge in [0, 0.05) is 18.3 Å². The maximum absolute atomic E-state index is 12.3. The minimum Gasteiger partial charge on any atom is -0.506 e. The lowest BCUT2D eigenvalue weighted by Gasteiger charge is -2.07. The normalized spacial score (nSPS) is 10.6. The molecule has 0 aliphatic heterocycles. The number of aromatic nitrogens is 2. The summed E-state index contributed by atoms with van der Waals surface area (Å²) in [6.45, 7) is 2.46. The van der Waals surface area contributed by atoms with Crippen LogP contribution in [0.2, 0.25) is 10.0 Å². The summed E-state index contributed by atoms with van der Waals surface area (Å²) < 4.78 is 1.57. The molecule has 0 spiro atoms. The van der Waals surface area contributed by atoms with Crippen molar-refractivity contribution in [2.75, 3.05) is 0 Å². The van der Waals surface area contributed by atoms with E-state index in [1.165, 1.54) is 12.1 Å². The Labute approximate surface area is 114 Å². The van der Waals surface area contributed by atoms with E-state index in [0.29, 0.717) is 12.2 Å². The van der Waals surface area contributed by atoms with Crippen LogP contribution in [0.4, 0.5) is 0 Å². The van der Waals surface area contributed by atoms with E-state index in [1.807, 2.05) is 6.92 Å². The smallest absolute Gasteiger partial charge is 0.212 e. The lowest BCUT2D eigenvalue weighted by Crippen LogP contribution is -2.11. The third kappa shape index (κ3) is 2.09. The zero-order valence-corrected chi connectivity index (χ0v) is 11.0. The van der Waals surface area contributed by atoms with Gasteiger partial charge in [-0.3, -0.25) is 9.48 Å². The molecule has 0 amide bonds. The molecule has 2 rings (SSSR count). The zero-order valence-electron chi connectivity index (χ0n) is 9.52. The fourth-order valence-electron chi connectivity index (χ4n) is 1.63. The SMILES string of the molecule is CCn1nccc1C(=O)c1ccc(O)c(Cl)c1Cl. The van der Waals surface area contributed by atoms with Gasteiger partial charge in [-0.05, 0) is 25.1 Å². The molecule has 94 valence electrons. The van der Waals surface area contributed by atoms with Crippen LogP contribution < -0.4 is 0 Å². The number of phenolic OH excluding ortho intramolecular Hbond substituents is 1. The van der Waals surface area contributed by atoms with Gasteiger partial charge in [0.15, 0.2) is 0 Å². The highest BCUT2D eigenvalue weighted by molar-refractivity contribution is 6.45. The standard InChI is InChI=1S/C12H10Cl2N2O2/c1-2-16-8(5-6-15-16)12(18)7-3-4-9(17)11(14)10(7)13/h3-6,17H,2H2,1H3. The van der Waals surface area contributed by atoms with E-state index in [0.717, 1.165) is 0 Å². The number of carbonyl (C=O) groups is 1. The molecule has 0 aliphatic rings. The Kier molecular flexibility index (Phi) is 3.59. The molecule has 1 aromatic carbocycles. The first kappa shape index (κ1) is 12.9. The van der Waals surface area contributed by atoms with Gasteiger partial charge in [-0.1, -0.05) is 23.2 Å². The largest absolute Gasteiger partial charge is 0.506 e. The van der Waals surface area contributed by atoms with Gasteiger partial charge in [-0.15, -0.1) is 0 Å². The maximum Gasteiger partial charge on any atom is 0.212 e. The molecule has 0 bridgehead atoms. The number of nitrogens with zero attached hydrogens (tertiary/aromatic N) is 2. The molecule has 0 saturated heterocycles. The van der Waals surface area contributed by atoms with Crippen molar-refractivity contribution in [3.05, 3.63) is 45.7 Å². The van der Waals surface area contributed by atoms with Gasteiger partial charge in [-0.2, -0.15) is 5.10 Å². The van der Waals surface area contributed by atoms with Crippen molar-refractivity contribution in [1.29, 1.82) is 0 Å². The number of aryl methyl sites for hydroxylation is 1. The molecular formula is C12H10Cl2N2O2. The Bertz CT molecular complexity index is 608. The number of ketones is 1. The summed E-state index contributed by atoms with van der Waals surface area (Å²) in [6, 6.07) is 4.40. The first-order chi connectivity index (χ1) is 8.56. The van der Waals surface area contributed by atoms with Crippen molar-refractivity contribution in [2.24, 2.45) is 0 Å². The lowest BCUT2D eigenvalue weighted by molar-refractivity contribution is 0.102. The molecule has 1 N–H and O–H groups in total. The number of aromatic hydroxyl groups is 1. The second kappa shape index (κ2) is 5.00. The summed E-state index contributed by atoms with van der Waals surface area (Å²) in [5, 5.41) is 13.4. The molecule has 1 heterocycles. The van der Waals surface area contributed by atoms with Crippen molar-refractivity contribution < 1.29 is 9.90 Å². The molecule has 2 aromatic rings. The molecule has 0 unspecified atom stereocenters.